The Bertz CT molecular complexity index is 994. The Kier molecular flexibility index (Phi) is 8.00. The lowest BCUT2D eigenvalue weighted by Gasteiger charge is -2.33. The number of nitrogens with zero attached hydrogens (tertiary/aromatic N) is 1. The van der Waals surface area contributed by atoms with Crippen LogP contribution >= 0.6 is 11.3 Å². The highest BCUT2D eigenvalue weighted by atomic mass is 32.1. The minimum Gasteiger partial charge on any atom is -0.459 e. The summed E-state index contributed by atoms with van der Waals surface area (Å²) in [5.74, 6) is -0.622. The van der Waals surface area contributed by atoms with Crippen molar-refractivity contribution in [1.82, 2.24) is 15.2 Å². The Hall–Kier alpha value is -2.61. The van der Waals surface area contributed by atoms with Crippen molar-refractivity contribution in [1.29, 1.82) is 0 Å². The molecule has 2 atom stereocenters. The predicted octanol–water partition coefficient (Wildman–Crippen LogP) is 4.62. The molecular formula is C25H35N3O4S. The molecule has 2 N–H and O–H groups in total. The van der Waals surface area contributed by atoms with Crippen molar-refractivity contribution < 1.29 is 19.1 Å². The molecule has 8 heteroatoms. The number of H-pyrrole nitrogens is 1. The summed E-state index contributed by atoms with van der Waals surface area (Å²) in [4.78, 5) is 44.9. The lowest BCUT2D eigenvalue weighted by Crippen LogP contribution is -2.46. The molecule has 2 aromatic heterocycles. The van der Waals surface area contributed by atoms with Crippen molar-refractivity contribution in [2.75, 3.05) is 13.1 Å². The minimum absolute atomic E-state index is 0.0137. The number of thiophene rings is 1. The molecule has 7 nitrogen and oxygen atoms in total. The highest BCUT2D eigenvalue weighted by Crippen LogP contribution is 2.28. The van der Waals surface area contributed by atoms with Gasteiger partial charge in [-0.1, -0.05) is 19.9 Å². The van der Waals surface area contributed by atoms with Crippen LogP contribution in [-0.4, -0.2) is 46.9 Å². The number of hydrogen-bond donors (Lipinski definition) is 2. The third-order valence-corrected chi connectivity index (χ3v) is 7.05. The quantitative estimate of drug-likeness (QED) is 0.574. The number of nitrogens with one attached hydrogen (secondary N) is 2. The highest BCUT2D eigenvalue weighted by Gasteiger charge is 2.33. The van der Waals surface area contributed by atoms with Crippen molar-refractivity contribution in [3.05, 3.63) is 44.9 Å². The number of carbonyl (C=O) groups is 3. The van der Waals surface area contributed by atoms with Crippen molar-refractivity contribution in [2.24, 2.45) is 11.8 Å². The largest absolute Gasteiger partial charge is 0.459 e. The summed E-state index contributed by atoms with van der Waals surface area (Å²) >= 11 is 1.64. The molecule has 3 heterocycles. The Morgan fingerprint density at radius 2 is 1.94 bits per heavy atom. The Morgan fingerprint density at radius 3 is 2.55 bits per heavy atom. The van der Waals surface area contributed by atoms with E-state index >= 15 is 0 Å². The maximum Gasteiger partial charge on any atom is 0.340 e. The fraction of sp³-hybridized carbons (Fsp3) is 0.560. The van der Waals surface area contributed by atoms with Crippen LogP contribution in [0.2, 0.25) is 0 Å². The number of ether oxygens (including phenoxy) is 1. The molecule has 33 heavy (non-hydrogen) atoms. The average molecular weight is 474 g/mol. The maximum absolute atomic E-state index is 13.3. The summed E-state index contributed by atoms with van der Waals surface area (Å²) in [6.07, 6.45) is 1.27. The molecular weight excluding hydrogens is 438 g/mol. The molecule has 0 saturated carbocycles. The van der Waals surface area contributed by atoms with Crippen LogP contribution < -0.4 is 5.32 Å². The van der Waals surface area contributed by atoms with Gasteiger partial charge in [-0.05, 0) is 63.5 Å². The van der Waals surface area contributed by atoms with E-state index < -0.39 is 5.97 Å². The van der Waals surface area contributed by atoms with Gasteiger partial charge in [0, 0.05) is 23.7 Å². The zero-order chi connectivity index (χ0) is 24.3. The third-order valence-electron chi connectivity index (χ3n) is 6.09. The molecule has 0 radical (unpaired) electrons. The molecule has 0 unspecified atom stereocenters. The fourth-order valence-corrected chi connectivity index (χ4v) is 5.33. The van der Waals surface area contributed by atoms with Gasteiger partial charge in [0.15, 0.2) is 0 Å². The average Bonchev–Trinajstić information content (AvgIpc) is 3.38. The van der Waals surface area contributed by atoms with Gasteiger partial charge in [-0.15, -0.1) is 11.3 Å². The number of esters is 1. The van der Waals surface area contributed by atoms with Crippen LogP contribution in [0.1, 0.15) is 83.6 Å². The van der Waals surface area contributed by atoms with Crippen molar-refractivity contribution >= 4 is 29.1 Å². The van der Waals surface area contributed by atoms with Crippen molar-refractivity contribution in [3.8, 4) is 0 Å². The Balaban J connectivity index is 1.72. The molecule has 3 rings (SSSR count). The molecule has 180 valence electrons. The van der Waals surface area contributed by atoms with Crippen LogP contribution in [0.25, 0.3) is 0 Å². The molecule has 1 aliphatic heterocycles. The Labute approximate surface area is 199 Å². The molecule has 1 aliphatic rings. The lowest BCUT2D eigenvalue weighted by atomic mass is 9.95. The second kappa shape index (κ2) is 10.5. The zero-order valence-corrected chi connectivity index (χ0v) is 21.2. The normalized spacial score (nSPS) is 17.3. The first-order valence-corrected chi connectivity index (χ1v) is 12.5. The molecule has 2 amide bonds. The van der Waals surface area contributed by atoms with E-state index in [1.165, 1.54) is 0 Å². The summed E-state index contributed by atoms with van der Waals surface area (Å²) in [6.45, 7) is 12.3. The van der Waals surface area contributed by atoms with E-state index in [0.29, 0.717) is 35.6 Å². The molecule has 2 aromatic rings. The summed E-state index contributed by atoms with van der Waals surface area (Å²) in [5.41, 5.74) is 2.01. The number of carbonyl (C=O) groups excluding carboxylic acids is 3. The van der Waals surface area contributed by atoms with Crippen LogP contribution in [-0.2, 0) is 9.53 Å². The lowest BCUT2D eigenvalue weighted by molar-refractivity contribution is -0.127. The minimum atomic E-state index is -0.431. The summed E-state index contributed by atoms with van der Waals surface area (Å²) in [6, 6.07) is 4.00. The topological polar surface area (TPSA) is 91.5 Å². The number of aromatic nitrogens is 1. The molecule has 0 spiro atoms. The first-order chi connectivity index (χ1) is 15.6. The molecule has 1 saturated heterocycles. The van der Waals surface area contributed by atoms with Crippen LogP contribution in [0.15, 0.2) is 17.5 Å². The van der Waals surface area contributed by atoms with E-state index in [-0.39, 0.29) is 35.8 Å². The number of rotatable bonds is 7. The molecule has 0 aliphatic carbocycles. The predicted molar refractivity (Wildman–Crippen MR) is 129 cm³/mol. The zero-order valence-electron chi connectivity index (χ0n) is 20.4. The summed E-state index contributed by atoms with van der Waals surface area (Å²) in [5, 5.41) is 5.23. The summed E-state index contributed by atoms with van der Waals surface area (Å²) < 4.78 is 5.34. The van der Waals surface area contributed by atoms with E-state index in [1.54, 1.807) is 43.9 Å². The molecule has 0 aromatic carbocycles. The second-order valence-corrected chi connectivity index (χ2v) is 10.4. The number of piperidine rings is 1. The first-order valence-electron chi connectivity index (χ1n) is 11.6. The third kappa shape index (κ3) is 5.66. The number of likely N-dealkylation sites (tertiary alicyclic amines) is 1. The van der Waals surface area contributed by atoms with Gasteiger partial charge >= 0.3 is 5.97 Å². The number of aryl methyl sites for hydroxylation is 1. The van der Waals surface area contributed by atoms with Gasteiger partial charge in [0.1, 0.15) is 5.69 Å². The smallest absolute Gasteiger partial charge is 0.340 e. The van der Waals surface area contributed by atoms with Crippen molar-refractivity contribution in [3.63, 3.8) is 0 Å². The van der Waals surface area contributed by atoms with E-state index in [1.807, 2.05) is 17.5 Å². The number of hydrogen-bond acceptors (Lipinski definition) is 5. The maximum atomic E-state index is 13.3. The SMILES string of the molecule is Cc1[nH]c(C(=O)N2CCC[C@H](C(=O)N[C@H](c3cccs3)C(C)C)C2)c(C)c1C(=O)OC(C)C. The second-order valence-electron chi connectivity index (χ2n) is 9.42. The van der Waals surface area contributed by atoms with Gasteiger partial charge in [0.05, 0.1) is 23.6 Å². The summed E-state index contributed by atoms with van der Waals surface area (Å²) in [7, 11) is 0. The van der Waals surface area contributed by atoms with Crippen LogP contribution in [0.3, 0.4) is 0 Å². The van der Waals surface area contributed by atoms with Gasteiger partial charge in [-0.25, -0.2) is 4.79 Å². The van der Waals surface area contributed by atoms with Crippen LogP contribution in [0.5, 0.6) is 0 Å². The van der Waals surface area contributed by atoms with Gasteiger partial charge in [0.25, 0.3) is 5.91 Å². The number of amides is 2. The standard InChI is InChI=1S/C25H35N3O4S/c1-14(2)21(19-10-8-12-33-19)27-23(29)18-9-7-11-28(13-18)24(30)22-16(5)20(17(6)26-22)25(31)32-15(3)4/h8,10,12,14-15,18,21,26H,7,9,11,13H2,1-6H3,(H,27,29)/t18-,21-/m0/s1. The Morgan fingerprint density at radius 1 is 1.21 bits per heavy atom. The monoisotopic (exact) mass is 473 g/mol. The van der Waals surface area contributed by atoms with E-state index in [0.717, 1.165) is 17.7 Å². The van der Waals surface area contributed by atoms with Gasteiger partial charge < -0.3 is 19.9 Å². The van der Waals surface area contributed by atoms with Crippen LogP contribution in [0, 0.1) is 25.7 Å². The van der Waals surface area contributed by atoms with E-state index in [2.05, 4.69) is 24.1 Å². The van der Waals surface area contributed by atoms with Gasteiger partial charge in [-0.2, -0.15) is 0 Å². The molecule has 1 fully saturated rings. The highest BCUT2D eigenvalue weighted by molar-refractivity contribution is 7.10. The van der Waals surface area contributed by atoms with Gasteiger partial charge in [-0.3, -0.25) is 9.59 Å². The van der Waals surface area contributed by atoms with Crippen molar-refractivity contribution in [2.45, 2.75) is 66.5 Å². The van der Waals surface area contributed by atoms with E-state index in [4.69, 9.17) is 4.74 Å². The molecule has 0 bridgehead atoms. The first kappa shape index (κ1) is 25.0. The fourth-order valence-electron chi connectivity index (χ4n) is 4.38. The van der Waals surface area contributed by atoms with Gasteiger partial charge in [0.2, 0.25) is 5.91 Å². The van der Waals surface area contributed by atoms with E-state index in [9.17, 15) is 14.4 Å². The number of aromatic amines is 1. The van der Waals surface area contributed by atoms with Crippen LogP contribution in [0.4, 0.5) is 0 Å².